The maximum Gasteiger partial charge on any atom is 0.248 e. The Morgan fingerprint density at radius 3 is 2.17 bits per heavy atom. The van der Waals surface area contributed by atoms with E-state index in [1.54, 1.807) is 13.8 Å². The van der Waals surface area contributed by atoms with Crippen molar-refractivity contribution in [1.29, 1.82) is 0 Å². The third-order valence-corrected chi connectivity index (χ3v) is 5.90. The highest BCUT2D eigenvalue weighted by Gasteiger charge is 2.30. The summed E-state index contributed by atoms with van der Waals surface area (Å²) in [6, 6.07) is 7.85. The Balaban J connectivity index is 2.29. The molecule has 0 spiro atoms. The van der Waals surface area contributed by atoms with E-state index in [0.717, 1.165) is 11.3 Å². The molecule has 0 aliphatic heterocycles. The summed E-state index contributed by atoms with van der Waals surface area (Å²) in [5.41, 5.74) is 2.40. The first-order valence-electron chi connectivity index (χ1n) is 7.46. The fraction of sp³-hybridized carbons (Fsp3) is 0.438. The molecule has 0 aliphatic carbocycles. The Kier molecular flexibility index (Phi) is 5.11. The second kappa shape index (κ2) is 6.72. The highest BCUT2D eigenvalue weighted by atomic mass is 32.2. The number of aromatic nitrogens is 1. The van der Waals surface area contributed by atoms with E-state index in [0.29, 0.717) is 24.5 Å². The van der Waals surface area contributed by atoms with Crippen LogP contribution in [0.25, 0.3) is 0 Å². The van der Waals surface area contributed by atoms with E-state index >= 15 is 0 Å². The average molecular weight is 337 g/mol. The van der Waals surface area contributed by atoms with Crippen LogP contribution in [0.15, 0.2) is 33.7 Å². The van der Waals surface area contributed by atoms with Gasteiger partial charge in [0.25, 0.3) is 0 Å². The van der Waals surface area contributed by atoms with Crippen LogP contribution in [0.3, 0.4) is 0 Å². The first-order chi connectivity index (χ1) is 10.8. The SMILES string of the molecule is CCN(Cc1ccc(N(C)C)cc1)S(=O)(=O)c1c(C)noc1C. The molecule has 0 saturated heterocycles. The molecule has 0 radical (unpaired) electrons. The molecule has 0 unspecified atom stereocenters. The molecule has 6 nitrogen and oxygen atoms in total. The quantitative estimate of drug-likeness (QED) is 0.810. The molecule has 0 aliphatic rings. The maximum atomic E-state index is 12.9. The van der Waals surface area contributed by atoms with Gasteiger partial charge < -0.3 is 9.42 Å². The van der Waals surface area contributed by atoms with Crippen LogP contribution in [0.2, 0.25) is 0 Å². The molecular weight excluding hydrogens is 314 g/mol. The lowest BCUT2D eigenvalue weighted by atomic mass is 10.2. The summed E-state index contributed by atoms with van der Waals surface area (Å²) >= 11 is 0. The van der Waals surface area contributed by atoms with Gasteiger partial charge in [-0.15, -0.1) is 0 Å². The van der Waals surface area contributed by atoms with Crippen LogP contribution in [0.4, 0.5) is 5.69 Å². The molecule has 7 heteroatoms. The molecular formula is C16H23N3O3S. The van der Waals surface area contributed by atoms with Crippen molar-refractivity contribution >= 4 is 15.7 Å². The summed E-state index contributed by atoms with van der Waals surface area (Å²) in [5, 5.41) is 3.75. The number of nitrogens with zero attached hydrogens (tertiary/aromatic N) is 3. The molecule has 0 saturated carbocycles. The summed E-state index contributed by atoms with van der Waals surface area (Å²) in [5.74, 6) is 0.323. The zero-order chi connectivity index (χ0) is 17.2. The summed E-state index contributed by atoms with van der Waals surface area (Å²) < 4.78 is 32.2. The van der Waals surface area contributed by atoms with Crippen LogP contribution in [0, 0.1) is 13.8 Å². The Morgan fingerprint density at radius 2 is 1.74 bits per heavy atom. The molecule has 0 bridgehead atoms. The van der Waals surface area contributed by atoms with Crippen molar-refractivity contribution in [2.45, 2.75) is 32.2 Å². The fourth-order valence-corrected chi connectivity index (χ4v) is 4.17. The number of rotatable bonds is 6. The molecule has 2 aromatic rings. The van der Waals surface area contributed by atoms with E-state index in [4.69, 9.17) is 4.52 Å². The fourth-order valence-electron chi connectivity index (χ4n) is 2.44. The monoisotopic (exact) mass is 337 g/mol. The maximum absolute atomic E-state index is 12.9. The predicted molar refractivity (Wildman–Crippen MR) is 90.0 cm³/mol. The Hall–Kier alpha value is -1.86. The van der Waals surface area contributed by atoms with Gasteiger partial charge in [-0.3, -0.25) is 0 Å². The van der Waals surface area contributed by atoms with Gasteiger partial charge in [-0.2, -0.15) is 4.31 Å². The largest absolute Gasteiger partial charge is 0.378 e. The molecule has 2 rings (SSSR count). The minimum Gasteiger partial charge on any atom is -0.378 e. The normalized spacial score (nSPS) is 11.9. The van der Waals surface area contributed by atoms with Crippen molar-refractivity contribution in [3.05, 3.63) is 41.3 Å². The van der Waals surface area contributed by atoms with Crippen LogP contribution >= 0.6 is 0 Å². The highest BCUT2D eigenvalue weighted by Crippen LogP contribution is 2.25. The van der Waals surface area contributed by atoms with Gasteiger partial charge in [0.1, 0.15) is 10.6 Å². The summed E-state index contributed by atoms with van der Waals surface area (Å²) in [7, 11) is 0.308. The van der Waals surface area contributed by atoms with Gasteiger partial charge in [-0.25, -0.2) is 8.42 Å². The van der Waals surface area contributed by atoms with Gasteiger partial charge >= 0.3 is 0 Å². The van der Waals surface area contributed by atoms with Crippen molar-refractivity contribution in [1.82, 2.24) is 9.46 Å². The zero-order valence-electron chi connectivity index (χ0n) is 14.2. The highest BCUT2D eigenvalue weighted by molar-refractivity contribution is 7.89. The van der Waals surface area contributed by atoms with Crippen molar-refractivity contribution in [3.8, 4) is 0 Å². The van der Waals surface area contributed by atoms with E-state index in [2.05, 4.69) is 5.16 Å². The Morgan fingerprint density at radius 1 is 1.13 bits per heavy atom. The van der Waals surface area contributed by atoms with E-state index in [1.807, 2.05) is 50.2 Å². The molecule has 0 amide bonds. The summed E-state index contributed by atoms with van der Waals surface area (Å²) in [4.78, 5) is 2.17. The van der Waals surface area contributed by atoms with Gasteiger partial charge in [0.15, 0.2) is 5.76 Å². The molecule has 1 aromatic carbocycles. The van der Waals surface area contributed by atoms with Crippen LogP contribution in [-0.4, -0.2) is 38.5 Å². The van der Waals surface area contributed by atoms with Gasteiger partial charge in [0.05, 0.1) is 0 Å². The molecule has 0 fully saturated rings. The lowest BCUT2D eigenvalue weighted by Crippen LogP contribution is -2.31. The van der Waals surface area contributed by atoms with E-state index in [1.165, 1.54) is 4.31 Å². The molecule has 1 heterocycles. The Bertz CT molecular complexity index is 745. The molecule has 0 atom stereocenters. The summed E-state index contributed by atoms with van der Waals surface area (Å²) in [6.07, 6.45) is 0. The molecule has 0 N–H and O–H groups in total. The van der Waals surface area contributed by atoms with Gasteiger partial charge in [0, 0.05) is 32.9 Å². The second-order valence-corrected chi connectivity index (χ2v) is 7.52. The number of benzene rings is 1. The first-order valence-corrected chi connectivity index (χ1v) is 8.90. The second-order valence-electron chi connectivity index (χ2n) is 5.65. The zero-order valence-corrected chi connectivity index (χ0v) is 15.0. The van der Waals surface area contributed by atoms with Crippen molar-refractivity contribution < 1.29 is 12.9 Å². The van der Waals surface area contributed by atoms with Crippen LogP contribution < -0.4 is 4.90 Å². The standard InChI is InChI=1S/C16H23N3O3S/c1-6-19(11-14-7-9-15(10-8-14)18(4)5)23(20,21)16-12(2)17-22-13(16)3/h7-10H,6,11H2,1-5H3. The number of sulfonamides is 1. The minimum atomic E-state index is -3.63. The number of anilines is 1. The van der Waals surface area contributed by atoms with Crippen LogP contribution in [0.1, 0.15) is 23.9 Å². The molecule has 1 aromatic heterocycles. The van der Waals surface area contributed by atoms with Gasteiger partial charge in [-0.1, -0.05) is 24.2 Å². The molecule has 23 heavy (non-hydrogen) atoms. The van der Waals surface area contributed by atoms with Gasteiger partial charge in [0.2, 0.25) is 10.0 Å². The van der Waals surface area contributed by atoms with Gasteiger partial charge in [-0.05, 0) is 31.5 Å². The minimum absolute atomic E-state index is 0.171. The number of hydrogen-bond acceptors (Lipinski definition) is 5. The molecule has 126 valence electrons. The predicted octanol–water partition coefficient (Wildman–Crippen LogP) is 2.57. The summed E-state index contributed by atoms with van der Waals surface area (Å²) in [6.45, 7) is 5.78. The van der Waals surface area contributed by atoms with Crippen molar-refractivity contribution in [2.24, 2.45) is 0 Å². The number of aryl methyl sites for hydroxylation is 2. The van der Waals surface area contributed by atoms with Crippen molar-refractivity contribution in [2.75, 3.05) is 25.5 Å². The number of hydrogen-bond donors (Lipinski definition) is 0. The third kappa shape index (κ3) is 3.56. The lowest BCUT2D eigenvalue weighted by molar-refractivity contribution is 0.388. The van der Waals surface area contributed by atoms with Crippen LogP contribution in [-0.2, 0) is 16.6 Å². The van der Waals surface area contributed by atoms with E-state index in [9.17, 15) is 8.42 Å². The third-order valence-electron chi connectivity index (χ3n) is 3.73. The van der Waals surface area contributed by atoms with Crippen molar-refractivity contribution in [3.63, 3.8) is 0 Å². The average Bonchev–Trinajstić information content (AvgIpc) is 2.84. The van der Waals surface area contributed by atoms with E-state index in [-0.39, 0.29) is 4.90 Å². The first kappa shape index (κ1) is 17.5. The van der Waals surface area contributed by atoms with E-state index < -0.39 is 10.0 Å². The topological polar surface area (TPSA) is 66.7 Å². The Labute approximate surface area is 137 Å². The lowest BCUT2D eigenvalue weighted by Gasteiger charge is -2.21. The smallest absolute Gasteiger partial charge is 0.248 e. The van der Waals surface area contributed by atoms with Crippen LogP contribution in [0.5, 0.6) is 0 Å².